The van der Waals surface area contributed by atoms with Crippen LogP contribution in [0.4, 0.5) is 5.69 Å². The second-order valence-electron chi connectivity index (χ2n) is 6.86. The van der Waals surface area contributed by atoms with E-state index in [0.717, 1.165) is 29.0 Å². The number of carbonyl (C=O) groups excluding carboxylic acids is 1. The van der Waals surface area contributed by atoms with Gasteiger partial charge in [0.05, 0.1) is 6.20 Å². The Labute approximate surface area is 170 Å². The molecule has 2 heterocycles. The van der Waals surface area contributed by atoms with Gasteiger partial charge in [-0.25, -0.2) is 0 Å². The Morgan fingerprint density at radius 2 is 2.00 bits per heavy atom. The van der Waals surface area contributed by atoms with Crippen molar-refractivity contribution >= 4 is 17.7 Å². The third kappa shape index (κ3) is 6.02. The summed E-state index contributed by atoms with van der Waals surface area (Å²) in [6.07, 6.45) is 10.4. The second-order valence-corrected chi connectivity index (χ2v) is 6.86. The number of hydrogen-bond donors (Lipinski definition) is 1. The molecule has 7 nitrogen and oxygen atoms in total. The van der Waals surface area contributed by atoms with Gasteiger partial charge >= 0.3 is 0 Å². The predicted molar refractivity (Wildman–Crippen MR) is 115 cm³/mol. The van der Waals surface area contributed by atoms with E-state index in [0.29, 0.717) is 12.3 Å². The molecule has 0 bridgehead atoms. The number of amides is 1. The van der Waals surface area contributed by atoms with Crippen molar-refractivity contribution in [2.45, 2.75) is 0 Å². The highest BCUT2D eigenvalue weighted by molar-refractivity contribution is 6.02. The molecular formula is C22H25N5O2. The maximum Gasteiger partial charge on any atom is 0.248 e. The van der Waals surface area contributed by atoms with E-state index in [1.54, 1.807) is 29.3 Å². The minimum Gasteiger partial charge on any atom is -0.492 e. The lowest BCUT2D eigenvalue weighted by Crippen LogP contribution is -2.19. The normalized spacial score (nSPS) is 11.2. The molecular weight excluding hydrogens is 366 g/mol. The number of rotatable bonds is 8. The Bertz CT molecular complexity index is 977. The van der Waals surface area contributed by atoms with E-state index in [-0.39, 0.29) is 5.91 Å². The average Bonchev–Trinajstić information content (AvgIpc) is 3.14. The van der Waals surface area contributed by atoms with Gasteiger partial charge in [0.25, 0.3) is 0 Å². The Morgan fingerprint density at radius 1 is 1.21 bits per heavy atom. The maximum absolute atomic E-state index is 12.3. The number of benzene rings is 1. The smallest absolute Gasteiger partial charge is 0.248 e. The molecule has 1 amide bonds. The zero-order chi connectivity index (χ0) is 20.6. The van der Waals surface area contributed by atoms with Crippen LogP contribution in [0.1, 0.15) is 5.56 Å². The highest BCUT2D eigenvalue weighted by Gasteiger charge is 2.06. The number of ether oxygens (including phenoxy) is 1. The van der Waals surface area contributed by atoms with Crippen LogP contribution in [0.2, 0.25) is 0 Å². The van der Waals surface area contributed by atoms with E-state index >= 15 is 0 Å². The predicted octanol–water partition coefficient (Wildman–Crippen LogP) is 3.07. The molecule has 0 saturated carbocycles. The quantitative estimate of drug-likeness (QED) is 0.598. The zero-order valence-corrected chi connectivity index (χ0v) is 16.9. The molecule has 1 N–H and O–H groups in total. The molecule has 2 aromatic heterocycles. The summed E-state index contributed by atoms with van der Waals surface area (Å²) in [4.78, 5) is 18.5. The number of anilines is 1. The van der Waals surface area contributed by atoms with E-state index in [1.165, 1.54) is 6.08 Å². The van der Waals surface area contributed by atoms with Gasteiger partial charge in [0.2, 0.25) is 5.91 Å². The summed E-state index contributed by atoms with van der Waals surface area (Å²) >= 11 is 0. The lowest BCUT2D eigenvalue weighted by Gasteiger charge is -2.11. The van der Waals surface area contributed by atoms with Gasteiger partial charge in [-0.1, -0.05) is 0 Å². The van der Waals surface area contributed by atoms with Crippen molar-refractivity contribution in [2.75, 3.05) is 32.6 Å². The fourth-order valence-electron chi connectivity index (χ4n) is 2.69. The third-order valence-electron chi connectivity index (χ3n) is 4.21. The van der Waals surface area contributed by atoms with Crippen LogP contribution in [-0.2, 0) is 11.8 Å². The monoisotopic (exact) mass is 391 g/mol. The largest absolute Gasteiger partial charge is 0.492 e. The van der Waals surface area contributed by atoms with E-state index in [4.69, 9.17) is 4.74 Å². The number of aromatic nitrogens is 3. The number of pyridine rings is 1. The van der Waals surface area contributed by atoms with Gasteiger partial charge in [0.1, 0.15) is 12.4 Å². The van der Waals surface area contributed by atoms with E-state index in [1.807, 2.05) is 57.7 Å². The summed E-state index contributed by atoms with van der Waals surface area (Å²) in [6, 6.07) is 9.24. The lowest BCUT2D eigenvalue weighted by molar-refractivity contribution is -0.111. The molecule has 0 aliphatic carbocycles. The van der Waals surface area contributed by atoms with Gasteiger partial charge in [-0.3, -0.25) is 14.5 Å². The summed E-state index contributed by atoms with van der Waals surface area (Å²) < 4.78 is 7.40. The van der Waals surface area contributed by atoms with Gasteiger partial charge in [0, 0.05) is 55.1 Å². The van der Waals surface area contributed by atoms with Gasteiger partial charge in [-0.2, -0.15) is 5.10 Å². The first kappa shape index (κ1) is 20.3. The summed E-state index contributed by atoms with van der Waals surface area (Å²) in [5.74, 6) is 0.559. The standard InChI is InChI=1S/C22H25N5O2/c1-26(2)12-13-29-20-7-5-19(6-8-20)25-22(28)9-4-17-14-23-11-10-21(17)18-15-24-27(3)16-18/h4-11,14-16H,12-13H2,1-3H3,(H,25,28)/b9-4+. The average molecular weight is 391 g/mol. The van der Waals surface area contributed by atoms with Crippen molar-refractivity contribution in [2.24, 2.45) is 7.05 Å². The Kier molecular flexibility index (Phi) is 6.76. The summed E-state index contributed by atoms with van der Waals surface area (Å²) in [5, 5.41) is 7.05. The minimum absolute atomic E-state index is 0.215. The summed E-state index contributed by atoms with van der Waals surface area (Å²) in [7, 11) is 5.87. The van der Waals surface area contributed by atoms with E-state index < -0.39 is 0 Å². The van der Waals surface area contributed by atoms with Crippen LogP contribution < -0.4 is 10.1 Å². The van der Waals surface area contributed by atoms with Crippen molar-refractivity contribution in [1.29, 1.82) is 0 Å². The molecule has 29 heavy (non-hydrogen) atoms. The number of likely N-dealkylation sites (N-methyl/N-ethyl adjacent to an activating group) is 1. The Hall–Kier alpha value is -3.45. The van der Waals surface area contributed by atoms with E-state index in [9.17, 15) is 4.79 Å². The number of carbonyl (C=O) groups is 1. The van der Waals surface area contributed by atoms with Crippen molar-refractivity contribution in [3.8, 4) is 16.9 Å². The Balaban J connectivity index is 1.60. The van der Waals surface area contributed by atoms with Crippen molar-refractivity contribution in [3.63, 3.8) is 0 Å². The van der Waals surface area contributed by atoms with Gasteiger partial charge in [0.15, 0.2) is 0 Å². The highest BCUT2D eigenvalue weighted by Crippen LogP contribution is 2.23. The molecule has 150 valence electrons. The molecule has 3 rings (SSSR count). The Morgan fingerprint density at radius 3 is 2.69 bits per heavy atom. The number of nitrogens with zero attached hydrogens (tertiary/aromatic N) is 4. The molecule has 0 fully saturated rings. The van der Waals surface area contributed by atoms with Gasteiger partial charge in [-0.05, 0) is 56.1 Å². The summed E-state index contributed by atoms with van der Waals surface area (Å²) in [6.45, 7) is 1.46. The molecule has 0 spiro atoms. The van der Waals surface area contributed by atoms with Crippen molar-refractivity contribution in [3.05, 3.63) is 66.8 Å². The first-order valence-corrected chi connectivity index (χ1v) is 9.31. The van der Waals surface area contributed by atoms with Crippen LogP contribution in [0.25, 0.3) is 17.2 Å². The first-order chi connectivity index (χ1) is 14.0. The van der Waals surface area contributed by atoms with Crippen molar-refractivity contribution in [1.82, 2.24) is 19.7 Å². The molecule has 0 aliphatic rings. The van der Waals surface area contributed by atoms with Gasteiger partial charge < -0.3 is 15.0 Å². The van der Waals surface area contributed by atoms with Crippen molar-refractivity contribution < 1.29 is 9.53 Å². The van der Waals surface area contributed by atoms with E-state index in [2.05, 4.69) is 20.3 Å². The zero-order valence-electron chi connectivity index (χ0n) is 16.9. The topological polar surface area (TPSA) is 72.3 Å². The lowest BCUT2D eigenvalue weighted by atomic mass is 10.0. The molecule has 7 heteroatoms. The van der Waals surface area contributed by atoms with Crippen LogP contribution >= 0.6 is 0 Å². The molecule has 0 aliphatic heterocycles. The minimum atomic E-state index is -0.215. The molecule has 0 saturated heterocycles. The fourth-order valence-corrected chi connectivity index (χ4v) is 2.69. The fraction of sp³-hybridized carbons (Fsp3) is 0.227. The van der Waals surface area contributed by atoms with Crippen LogP contribution in [0.15, 0.2) is 61.2 Å². The summed E-state index contributed by atoms with van der Waals surface area (Å²) in [5.41, 5.74) is 3.50. The molecule has 0 radical (unpaired) electrons. The molecule has 0 unspecified atom stereocenters. The van der Waals surface area contributed by atoms with Crippen LogP contribution in [0, 0.1) is 0 Å². The number of aryl methyl sites for hydroxylation is 1. The van der Waals surface area contributed by atoms with Crippen LogP contribution in [-0.4, -0.2) is 52.8 Å². The second kappa shape index (κ2) is 9.66. The molecule has 3 aromatic rings. The van der Waals surface area contributed by atoms with Crippen LogP contribution in [0.3, 0.4) is 0 Å². The van der Waals surface area contributed by atoms with Crippen LogP contribution in [0.5, 0.6) is 5.75 Å². The SMILES string of the molecule is CN(C)CCOc1ccc(NC(=O)/C=C/c2cnccc2-c2cnn(C)c2)cc1. The molecule has 1 aromatic carbocycles. The van der Waals surface area contributed by atoms with Gasteiger partial charge in [-0.15, -0.1) is 0 Å². The molecule has 0 atom stereocenters. The third-order valence-corrected chi connectivity index (χ3v) is 4.21. The number of nitrogens with one attached hydrogen (secondary N) is 1. The highest BCUT2D eigenvalue weighted by atomic mass is 16.5. The first-order valence-electron chi connectivity index (χ1n) is 9.31. The number of hydrogen-bond acceptors (Lipinski definition) is 5. The maximum atomic E-state index is 12.3.